The summed E-state index contributed by atoms with van der Waals surface area (Å²) < 4.78 is 7.60. The van der Waals surface area contributed by atoms with Crippen LogP contribution in [-0.2, 0) is 11.2 Å². The van der Waals surface area contributed by atoms with Gasteiger partial charge in [-0.3, -0.25) is 4.79 Å². The first-order valence-electron chi connectivity index (χ1n) is 10.9. The number of anilines is 1. The fourth-order valence-electron chi connectivity index (χ4n) is 4.86. The van der Waals surface area contributed by atoms with Crippen molar-refractivity contribution in [2.45, 2.75) is 19.8 Å². The average molecular weight is 433 g/mol. The van der Waals surface area contributed by atoms with Crippen LogP contribution in [0, 0.1) is 5.41 Å². The molecule has 2 aliphatic rings. The standard InChI is InChI=1S/C24H28N6O2/c1-17(31)11-19-5-4-6-20(12-19)32-23-8-7-22-26-21(13-30(22)27-23)25-18(2)29-10-9-24(16-29)14-28(3)15-24/h4-8,12-13,25H,2,9-11,14-16H2,1,3H3. The minimum absolute atomic E-state index is 0.117. The molecule has 0 saturated carbocycles. The quantitative estimate of drug-likeness (QED) is 0.615. The molecule has 2 aliphatic heterocycles. The SMILES string of the molecule is C=C(Nc1cn2nc(Oc3cccc(CC(C)=O)c3)ccc2n1)N1CCC2(CN(C)C2)C1. The highest BCUT2D eigenvalue weighted by Gasteiger charge is 2.46. The van der Waals surface area contributed by atoms with Gasteiger partial charge in [0.2, 0.25) is 5.88 Å². The number of benzene rings is 1. The third kappa shape index (κ3) is 4.18. The highest BCUT2D eigenvalue weighted by atomic mass is 16.5. The van der Waals surface area contributed by atoms with Crippen LogP contribution in [0.5, 0.6) is 11.6 Å². The van der Waals surface area contributed by atoms with Crippen molar-refractivity contribution in [3.05, 3.63) is 60.6 Å². The Morgan fingerprint density at radius 3 is 2.88 bits per heavy atom. The van der Waals surface area contributed by atoms with E-state index in [9.17, 15) is 4.79 Å². The van der Waals surface area contributed by atoms with E-state index in [0.29, 0.717) is 29.3 Å². The lowest BCUT2D eigenvalue weighted by atomic mass is 9.79. The first kappa shape index (κ1) is 20.5. The molecule has 0 aliphatic carbocycles. The van der Waals surface area contributed by atoms with E-state index in [1.54, 1.807) is 17.5 Å². The monoisotopic (exact) mass is 432 g/mol. The van der Waals surface area contributed by atoms with Gasteiger partial charge in [-0.25, -0.2) is 9.50 Å². The van der Waals surface area contributed by atoms with Gasteiger partial charge in [0.05, 0.1) is 12.0 Å². The molecule has 8 heteroatoms. The van der Waals surface area contributed by atoms with Gasteiger partial charge < -0.3 is 19.9 Å². The Kier molecular flexibility index (Phi) is 5.09. The van der Waals surface area contributed by atoms with Crippen LogP contribution in [-0.4, -0.2) is 63.4 Å². The molecule has 0 unspecified atom stereocenters. The molecule has 0 bridgehead atoms. The van der Waals surface area contributed by atoms with E-state index < -0.39 is 0 Å². The third-order valence-electron chi connectivity index (χ3n) is 6.17. The lowest BCUT2D eigenvalue weighted by molar-refractivity contribution is -0.116. The van der Waals surface area contributed by atoms with Crippen LogP contribution in [0.4, 0.5) is 5.82 Å². The highest BCUT2D eigenvalue weighted by Crippen LogP contribution is 2.39. The Morgan fingerprint density at radius 1 is 1.25 bits per heavy atom. The van der Waals surface area contributed by atoms with Crippen molar-refractivity contribution < 1.29 is 9.53 Å². The predicted octanol–water partition coefficient (Wildman–Crippen LogP) is 3.17. The number of nitrogens with zero attached hydrogens (tertiary/aromatic N) is 5. The third-order valence-corrected chi connectivity index (χ3v) is 6.17. The van der Waals surface area contributed by atoms with Gasteiger partial charge in [-0.05, 0) is 44.2 Å². The highest BCUT2D eigenvalue weighted by molar-refractivity contribution is 5.78. The van der Waals surface area contributed by atoms with Crippen molar-refractivity contribution in [3.63, 3.8) is 0 Å². The molecule has 1 spiro atoms. The summed E-state index contributed by atoms with van der Waals surface area (Å²) in [5.41, 5.74) is 2.06. The van der Waals surface area contributed by atoms with Crippen LogP contribution >= 0.6 is 0 Å². The Bertz CT molecular complexity index is 1180. The largest absolute Gasteiger partial charge is 0.438 e. The number of nitrogens with one attached hydrogen (secondary N) is 1. The number of ketones is 1. The van der Waals surface area contributed by atoms with Gasteiger partial charge in [0.15, 0.2) is 11.5 Å². The molecule has 5 rings (SSSR count). The first-order chi connectivity index (χ1) is 15.4. The van der Waals surface area contributed by atoms with Gasteiger partial charge >= 0.3 is 0 Å². The number of hydrogen-bond acceptors (Lipinski definition) is 7. The molecule has 1 N–H and O–H groups in total. The smallest absolute Gasteiger partial charge is 0.237 e. The van der Waals surface area contributed by atoms with E-state index in [4.69, 9.17) is 4.74 Å². The summed E-state index contributed by atoms with van der Waals surface area (Å²) in [6.45, 7) is 10.2. The topological polar surface area (TPSA) is 75.0 Å². The molecule has 1 aromatic carbocycles. The normalized spacial score (nSPS) is 17.5. The Hall–Kier alpha value is -3.39. The minimum atomic E-state index is 0.117. The lowest BCUT2D eigenvalue weighted by Crippen LogP contribution is -2.55. The van der Waals surface area contributed by atoms with Crippen LogP contribution in [0.2, 0.25) is 0 Å². The molecule has 0 radical (unpaired) electrons. The number of likely N-dealkylation sites (tertiary alicyclic amines) is 2. The molecule has 3 aromatic rings. The maximum absolute atomic E-state index is 11.4. The minimum Gasteiger partial charge on any atom is -0.438 e. The van der Waals surface area contributed by atoms with Crippen LogP contribution < -0.4 is 10.1 Å². The molecule has 4 heterocycles. The van der Waals surface area contributed by atoms with E-state index in [1.807, 2.05) is 36.5 Å². The van der Waals surface area contributed by atoms with E-state index in [-0.39, 0.29) is 5.78 Å². The van der Waals surface area contributed by atoms with Crippen LogP contribution in [0.3, 0.4) is 0 Å². The van der Waals surface area contributed by atoms with Crippen molar-refractivity contribution in [2.24, 2.45) is 5.41 Å². The fraction of sp³-hybridized carbons (Fsp3) is 0.375. The molecule has 0 amide bonds. The van der Waals surface area contributed by atoms with Gasteiger partial charge in [-0.1, -0.05) is 18.7 Å². The number of imidazole rings is 1. The van der Waals surface area contributed by atoms with Crippen LogP contribution in [0.15, 0.2) is 55.0 Å². The second-order valence-electron chi connectivity index (χ2n) is 9.14. The van der Waals surface area contributed by atoms with Gasteiger partial charge in [0.1, 0.15) is 11.5 Å². The van der Waals surface area contributed by atoms with Crippen molar-refractivity contribution in [1.82, 2.24) is 24.4 Å². The number of carbonyl (C=O) groups is 1. The van der Waals surface area contributed by atoms with Crippen LogP contribution in [0.25, 0.3) is 5.65 Å². The predicted molar refractivity (Wildman–Crippen MR) is 123 cm³/mol. The average Bonchev–Trinajstić information content (AvgIpc) is 3.31. The van der Waals surface area contributed by atoms with Crippen LogP contribution in [0.1, 0.15) is 18.9 Å². The van der Waals surface area contributed by atoms with Crippen molar-refractivity contribution in [2.75, 3.05) is 38.5 Å². The summed E-state index contributed by atoms with van der Waals surface area (Å²) in [7, 11) is 2.17. The number of aromatic nitrogens is 3. The summed E-state index contributed by atoms with van der Waals surface area (Å²) in [6, 6.07) is 11.2. The lowest BCUT2D eigenvalue weighted by Gasteiger charge is -2.46. The summed E-state index contributed by atoms with van der Waals surface area (Å²) in [5, 5.41) is 7.86. The number of fused-ring (bicyclic) bond motifs is 1. The number of hydrogen-bond donors (Lipinski definition) is 1. The molecule has 0 atom stereocenters. The van der Waals surface area contributed by atoms with Gasteiger partial charge in [0, 0.05) is 44.1 Å². The molecular formula is C24H28N6O2. The maximum atomic E-state index is 11.4. The summed E-state index contributed by atoms with van der Waals surface area (Å²) in [5.74, 6) is 2.79. The summed E-state index contributed by atoms with van der Waals surface area (Å²) >= 11 is 0. The van der Waals surface area contributed by atoms with Gasteiger partial charge in [0.25, 0.3) is 0 Å². The molecule has 8 nitrogen and oxygen atoms in total. The second-order valence-corrected chi connectivity index (χ2v) is 9.14. The van der Waals surface area contributed by atoms with E-state index in [1.165, 1.54) is 6.42 Å². The second kappa shape index (κ2) is 7.94. The Labute approximate surface area is 187 Å². The van der Waals surface area contributed by atoms with Crippen molar-refractivity contribution in [3.8, 4) is 11.6 Å². The van der Waals surface area contributed by atoms with Crippen molar-refractivity contribution >= 4 is 17.2 Å². The Morgan fingerprint density at radius 2 is 2.09 bits per heavy atom. The number of carbonyl (C=O) groups excluding carboxylic acids is 1. The van der Waals surface area contributed by atoms with E-state index in [0.717, 1.165) is 43.2 Å². The van der Waals surface area contributed by atoms with E-state index >= 15 is 0 Å². The zero-order chi connectivity index (χ0) is 22.3. The number of Topliss-reactive ketones (excluding diaryl/α,β-unsaturated/α-hetero) is 1. The zero-order valence-corrected chi connectivity index (χ0v) is 18.5. The summed E-state index contributed by atoms with van der Waals surface area (Å²) in [6.07, 6.45) is 3.43. The zero-order valence-electron chi connectivity index (χ0n) is 18.5. The number of rotatable bonds is 7. The first-order valence-corrected chi connectivity index (χ1v) is 10.9. The fourth-order valence-corrected chi connectivity index (χ4v) is 4.86. The van der Waals surface area contributed by atoms with Gasteiger partial charge in [-0.2, -0.15) is 0 Å². The molecule has 2 aromatic heterocycles. The molecular weight excluding hydrogens is 404 g/mol. The maximum Gasteiger partial charge on any atom is 0.237 e. The molecule has 32 heavy (non-hydrogen) atoms. The van der Waals surface area contributed by atoms with Gasteiger partial charge in [-0.15, -0.1) is 5.10 Å². The molecule has 166 valence electrons. The van der Waals surface area contributed by atoms with Crippen molar-refractivity contribution in [1.29, 1.82) is 0 Å². The Balaban J connectivity index is 1.25. The van der Waals surface area contributed by atoms with E-state index in [2.05, 4.69) is 38.8 Å². The number of ether oxygens (including phenoxy) is 1. The molecule has 2 fully saturated rings. The molecule has 2 saturated heterocycles. The summed E-state index contributed by atoms with van der Waals surface area (Å²) in [4.78, 5) is 20.7.